The fourth-order valence-electron chi connectivity index (χ4n) is 2.49. The van der Waals surface area contributed by atoms with E-state index in [1.165, 1.54) is 16.5 Å². The van der Waals surface area contributed by atoms with Crippen LogP contribution in [0.1, 0.15) is 11.6 Å². The molecule has 0 amide bonds. The zero-order valence-electron chi connectivity index (χ0n) is 11.1. The molecule has 0 radical (unpaired) electrons. The molecule has 1 aromatic heterocycles. The van der Waals surface area contributed by atoms with Gasteiger partial charge < -0.3 is 12.4 Å². The maximum absolute atomic E-state index is 4.00. The van der Waals surface area contributed by atoms with Gasteiger partial charge in [-0.05, 0) is 18.2 Å². The van der Waals surface area contributed by atoms with Gasteiger partial charge in [-0.1, -0.05) is 49.0 Å². The molecule has 1 unspecified atom stereocenters. The highest BCUT2D eigenvalue weighted by atomic mass is 35.5. The molecule has 0 fully saturated rings. The van der Waals surface area contributed by atoms with Crippen LogP contribution in [0, 0.1) is 0 Å². The van der Waals surface area contributed by atoms with E-state index in [2.05, 4.69) is 78.0 Å². The zero-order chi connectivity index (χ0) is 13.1. The third-order valence-corrected chi connectivity index (χ3v) is 3.40. The summed E-state index contributed by atoms with van der Waals surface area (Å²) in [5.74, 6) is 0. The first-order chi connectivity index (χ1) is 9.40. The van der Waals surface area contributed by atoms with Crippen LogP contribution < -0.4 is 17.0 Å². The van der Waals surface area contributed by atoms with Gasteiger partial charge >= 0.3 is 0 Å². The van der Waals surface area contributed by atoms with Gasteiger partial charge in [0.25, 0.3) is 0 Å². The summed E-state index contributed by atoms with van der Waals surface area (Å²) in [5, 5.41) is 1.24. The fraction of sp³-hybridized carbons (Fsp3) is 0.0556. The van der Waals surface area contributed by atoms with Crippen molar-refractivity contribution in [3.8, 4) is 0 Å². The van der Waals surface area contributed by atoms with E-state index >= 15 is 0 Å². The molecule has 0 saturated heterocycles. The zero-order valence-corrected chi connectivity index (χ0v) is 11.9. The number of aromatic nitrogens is 1. The molecular weight excluding hydrogens is 266 g/mol. The van der Waals surface area contributed by atoms with Crippen LogP contribution in [0.15, 0.2) is 85.6 Å². The van der Waals surface area contributed by atoms with Crippen LogP contribution in [-0.4, -0.2) is 0 Å². The maximum Gasteiger partial charge on any atom is 0.213 e. The van der Waals surface area contributed by atoms with Crippen LogP contribution in [0.3, 0.4) is 0 Å². The number of nitrogens with zero attached hydrogens (tertiary/aromatic N) is 1. The second kappa shape index (κ2) is 6.36. The van der Waals surface area contributed by atoms with Crippen molar-refractivity contribution < 1.29 is 17.0 Å². The lowest BCUT2D eigenvalue weighted by Gasteiger charge is -2.10. The molecule has 20 heavy (non-hydrogen) atoms. The van der Waals surface area contributed by atoms with E-state index in [1.807, 2.05) is 12.1 Å². The van der Waals surface area contributed by atoms with E-state index in [-0.39, 0.29) is 18.4 Å². The quantitative estimate of drug-likeness (QED) is 0.496. The summed E-state index contributed by atoms with van der Waals surface area (Å²) in [6.07, 6.45) is 4.10. The number of halogens is 1. The van der Waals surface area contributed by atoms with E-state index < -0.39 is 0 Å². The van der Waals surface area contributed by atoms with E-state index in [0.29, 0.717) is 0 Å². The molecule has 0 aliphatic rings. The standard InChI is InChI=1S/C18H16N.ClH/c1-2-17(15-9-4-3-5-10-15)19-14-8-12-16-11-6-7-13-18(16)19;/h2-14,17H,1H2;1H/q+1;/p-1. The molecule has 1 atom stereocenters. The second-order valence-electron chi connectivity index (χ2n) is 4.57. The third-order valence-electron chi connectivity index (χ3n) is 3.40. The molecule has 0 saturated carbocycles. The van der Waals surface area contributed by atoms with Crippen molar-refractivity contribution in [3.05, 3.63) is 91.1 Å². The highest BCUT2D eigenvalue weighted by molar-refractivity contribution is 5.75. The molecule has 0 N–H and O–H groups in total. The molecule has 100 valence electrons. The van der Waals surface area contributed by atoms with Gasteiger partial charge in [0, 0.05) is 23.1 Å². The smallest absolute Gasteiger partial charge is 0.213 e. The topological polar surface area (TPSA) is 3.88 Å². The Morgan fingerprint density at radius 3 is 2.25 bits per heavy atom. The number of benzene rings is 2. The van der Waals surface area contributed by atoms with Crippen LogP contribution in [0.5, 0.6) is 0 Å². The first kappa shape index (κ1) is 14.3. The number of allylic oxidation sites excluding steroid dienone is 1. The van der Waals surface area contributed by atoms with Crippen molar-refractivity contribution in [1.82, 2.24) is 0 Å². The van der Waals surface area contributed by atoms with Crippen molar-refractivity contribution in [2.75, 3.05) is 0 Å². The van der Waals surface area contributed by atoms with E-state index in [9.17, 15) is 0 Å². The fourth-order valence-corrected chi connectivity index (χ4v) is 2.49. The lowest BCUT2D eigenvalue weighted by molar-refractivity contribution is -0.678. The van der Waals surface area contributed by atoms with Crippen molar-refractivity contribution in [1.29, 1.82) is 0 Å². The molecule has 1 nitrogen and oxygen atoms in total. The van der Waals surface area contributed by atoms with Crippen LogP contribution in [0.25, 0.3) is 10.9 Å². The molecule has 2 aromatic carbocycles. The summed E-state index contributed by atoms with van der Waals surface area (Å²) in [6.45, 7) is 4.00. The minimum Gasteiger partial charge on any atom is -1.00 e. The monoisotopic (exact) mass is 281 g/mol. The van der Waals surface area contributed by atoms with Gasteiger partial charge in [0.15, 0.2) is 6.20 Å². The maximum atomic E-state index is 4.00. The molecule has 3 aromatic rings. The van der Waals surface area contributed by atoms with E-state index in [1.54, 1.807) is 0 Å². The molecule has 2 heteroatoms. The lowest BCUT2D eigenvalue weighted by atomic mass is 10.1. The minimum atomic E-state index is 0. The van der Waals surface area contributed by atoms with Crippen molar-refractivity contribution in [3.63, 3.8) is 0 Å². The number of hydrogen-bond donors (Lipinski definition) is 0. The Labute approximate surface area is 125 Å². The van der Waals surface area contributed by atoms with Crippen LogP contribution >= 0.6 is 0 Å². The predicted molar refractivity (Wildman–Crippen MR) is 78.9 cm³/mol. The Morgan fingerprint density at radius 1 is 0.850 bits per heavy atom. The summed E-state index contributed by atoms with van der Waals surface area (Å²) in [5.41, 5.74) is 2.47. The van der Waals surface area contributed by atoms with Crippen molar-refractivity contribution in [2.45, 2.75) is 6.04 Å². The third kappa shape index (κ3) is 2.59. The molecule has 0 aliphatic heterocycles. The van der Waals surface area contributed by atoms with Gasteiger partial charge in [0.2, 0.25) is 11.6 Å². The Morgan fingerprint density at radius 2 is 1.50 bits per heavy atom. The van der Waals surface area contributed by atoms with Gasteiger partial charge in [0.1, 0.15) is 0 Å². The number of hydrogen-bond acceptors (Lipinski definition) is 0. The van der Waals surface area contributed by atoms with Gasteiger partial charge in [-0.3, -0.25) is 0 Å². The predicted octanol–water partition coefficient (Wildman–Crippen LogP) is 0.907. The van der Waals surface area contributed by atoms with E-state index in [0.717, 1.165) is 0 Å². The van der Waals surface area contributed by atoms with Crippen LogP contribution in [0.2, 0.25) is 0 Å². The molecule has 0 bridgehead atoms. The Kier molecular flexibility index (Phi) is 4.54. The lowest BCUT2D eigenvalue weighted by Crippen LogP contribution is -3.00. The molecule has 0 aliphatic carbocycles. The number of rotatable bonds is 3. The van der Waals surface area contributed by atoms with Crippen LogP contribution in [-0.2, 0) is 0 Å². The van der Waals surface area contributed by atoms with Gasteiger partial charge in [-0.2, -0.15) is 4.57 Å². The summed E-state index contributed by atoms with van der Waals surface area (Å²) in [7, 11) is 0. The summed E-state index contributed by atoms with van der Waals surface area (Å²) < 4.78 is 2.26. The average Bonchev–Trinajstić information content (AvgIpc) is 2.49. The normalized spacial score (nSPS) is 11.6. The van der Waals surface area contributed by atoms with Crippen molar-refractivity contribution in [2.24, 2.45) is 0 Å². The largest absolute Gasteiger partial charge is 1.00 e. The number of para-hydroxylation sites is 1. The molecular formula is C18H16ClN. The first-order valence-electron chi connectivity index (χ1n) is 6.46. The van der Waals surface area contributed by atoms with Gasteiger partial charge in [-0.25, -0.2) is 0 Å². The van der Waals surface area contributed by atoms with Crippen LogP contribution in [0.4, 0.5) is 0 Å². The summed E-state index contributed by atoms with van der Waals surface area (Å²) >= 11 is 0. The van der Waals surface area contributed by atoms with Crippen molar-refractivity contribution >= 4 is 10.9 Å². The van der Waals surface area contributed by atoms with E-state index in [4.69, 9.17) is 0 Å². The first-order valence-corrected chi connectivity index (χ1v) is 6.46. The number of pyridine rings is 1. The molecule has 3 rings (SSSR count). The second-order valence-corrected chi connectivity index (χ2v) is 4.57. The SMILES string of the molecule is C=CC(c1ccccc1)[n+]1cccc2ccccc21.[Cl-]. The Balaban J connectivity index is 0.00000147. The Bertz CT molecular complexity index is 701. The number of fused-ring (bicyclic) bond motifs is 1. The minimum absolute atomic E-state index is 0. The Hall–Kier alpha value is -2.12. The molecule has 1 heterocycles. The summed E-state index contributed by atoms with van der Waals surface area (Å²) in [4.78, 5) is 0. The average molecular weight is 282 g/mol. The molecule has 0 spiro atoms. The van der Waals surface area contributed by atoms with Gasteiger partial charge in [-0.15, -0.1) is 0 Å². The van der Waals surface area contributed by atoms with Gasteiger partial charge in [0.05, 0.1) is 0 Å². The summed E-state index contributed by atoms with van der Waals surface area (Å²) in [6, 6.07) is 23.3. The highest BCUT2D eigenvalue weighted by Crippen LogP contribution is 2.17. The highest BCUT2D eigenvalue weighted by Gasteiger charge is 2.19.